The van der Waals surface area contributed by atoms with E-state index in [9.17, 15) is 4.39 Å². The third kappa shape index (κ3) is 2.59. The first-order valence-corrected chi connectivity index (χ1v) is 5.62. The van der Waals surface area contributed by atoms with Crippen molar-refractivity contribution in [3.05, 3.63) is 39.6 Å². The van der Waals surface area contributed by atoms with E-state index in [1.165, 1.54) is 29.5 Å². The van der Waals surface area contributed by atoms with E-state index < -0.39 is 0 Å². The Morgan fingerprint density at radius 2 is 2.13 bits per heavy atom. The first-order chi connectivity index (χ1) is 7.15. The third-order valence-electron chi connectivity index (χ3n) is 1.65. The van der Waals surface area contributed by atoms with Gasteiger partial charge in [-0.25, -0.2) is 9.37 Å². The van der Waals surface area contributed by atoms with Crippen molar-refractivity contribution in [2.75, 3.05) is 5.32 Å². The van der Waals surface area contributed by atoms with Crippen LogP contribution < -0.4 is 5.32 Å². The summed E-state index contributed by atoms with van der Waals surface area (Å²) < 4.78 is 13.3. The number of benzene rings is 1. The minimum absolute atomic E-state index is 0.286. The lowest BCUT2D eigenvalue weighted by Gasteiger charge is -2.03. The standard InChI is InChI=1S/C9H5Cl2FN2S/c10-5-1-2-6(12)7(3-5)13-9-14-8(11)4-15-9/h1-4H,(H,13,14). The second-order valence-corrected chi connectivity index (χ2v) is 4.41. The quantitative estimate of drug-likeness (QED) is 0.872. The number of hydrogen-bond donors (Lipinski definition) is 1. The number of aromatic nitrogens is 1. The summed E-state index contributed by atoms with van der Waals surface area (Å²) in [5.74, 6) is -0.384. The lowest BCUT2D eigenvalue weighted by atomic mass is 10.3. The molecule has 1 N–H and O–H groups in total. The van der Waals surface area contributed by atoms with Crippen LogP contribution in [-0.2, 0) is 0 Å². The summed E-state index contributed by atoms with van der Waals surface area (Å²) in [6.07, 6.45) is 0. The van der Waals surface area contributed by atoms with Gasteiger partial charge in [0.2, 0.25) is 0 Å². The Morgan fingerprint density at radius 3 is 2.80 bits per heavy atom. The Bertz CT molecular complexity index is 487. The molecule has 0 bridgehead atoms. The van der Waals surface area contributed by atoms with Gasteiger partial charge in [-0.15, -0.1) is 11.3 Å². The highest BCUT2D eigenvalue weighted by molar-refractivity contribution is 7.14. The van der Waals surface area contributed by atoms with Gasteiger partial charge in [0.15, 0.2) is 5.13 Å². The van der Waals surface area contributed by atoms with Crippen molar-refractivity contribution in [3.63, 3.8) is 0 Å². The molecule has 0 aliphatic heterocycles. The topological polar surface area (TPSA) is 24.9 Å². The molecule has 1 aromatic carbocycles. The first kappa shape index (κ1) is 10.7. The van der Waals surface area contributed by atoms with Gasteiger partial charge in [-0.05, 0) is 18.2 Å². The van der Waals surface area contributed by atoms with Gasteiger partial charge in [0.25, 0.3) is 0 Å². The Labute approximate surface area is 99.7 Å². The number of nitrogens with one attached hydrogen (secondary N) is 1. The maximum absolute atomic E-state index is 13.3. The maximum atomic E-state index is 13.3. The van der Waals surface area contributed by atoms with E-state index in [4.69, 9.17) is 23.2 Å². The summed E-state index contributed by atoms with van der Waals surface area (Å²) in [5, 5.41) is 5.82. The summed E-state index contributed by atoms with van der Waals surface area (Å²) in [5.41, 5.74) is 0.286. The van der Waals surface area contributed by atoms with Crippen LogP contribution in [0.2, 0.25) is 10.2 Å². The van der Waals surface area contributed by atoms with Gasteiger partial charge in [-0.1, -0.05) is 23.2 Å². The zero-order valence-corrected chi connectivity index (χ0v) is 9.63. The fourth-order valence-corrected chi connectivity index (χ4v) is 2.04. The van der Waals surface area contributed by atoms with Crippen LogP contribution in [0.4, 0.5) is 15.2 Å². The minimum Gasteiger partial charge on any atom is -0.329 e. The summed E-state index contributed by atoms with van der Waals surface area (Å²) in [6, 6.07) is 4.27. The second kappa shape index (κ2) is 4.35. The van der Waals surface area contributed by atoms with Crippen molar-refractivity contribution in [2.24, 2.45) is 0 Å². The minimum atomic E-state index is -0.384. The molecule has 0 amide bonds. The van der Waals surface area contributed by atoms with Crippen LogP contribution in [0.1, 0.15) is 0 Å². The monoisotopic (exact) mass is 262 g/mol. The van der Waals surface area contributed by atoms with E-state index in [2.05, 4.69) is 10.3 Å². The fraction of sp³-hybridized carbons (Fsp3) is 0. The molecular weight excluding hydrogens is 258 g/mol. The molecular formula is C9H5Cl2FN2S. The Balaban J connectivity index is 2.27. The van der Waals surface area contributed by atoms with Crippen LogP contribution in [0.3, 0.4) is 0 Å². The lowest BCUT2D eigenvalue weighted by molar-refractivity contribution is 0.632. The van der Waals surface area contributed by atoms with E-state index in [1.54, 1.807) is 5.38 Å². The molecule has 0 atom stereocenters. The molecule has 0 aliphatic carbocycles. The molecule has 0 saturated heterocycles. The molecule has 0 fully saturated rings. The zero-order chi connectivity index (χ0) is 10.8. The van der Waals surface area contributed by atoms with Gasteiger partial charge in [-0.2, -0.15) is 0 Å². The molecule has 2 rings (SSSR count). The third-order valence-corrected chi connectivity index (χ3v) is 2.96. The van der Waals surface area contributed by atoms with Crippen molar-refractivity contribution in [2.45, 2.75) is 0 Å². The highest BCUT2D eigenvalue weighted by atomic mass is 35.5. The summed E-state index contributed by atoms with van der Waals surface area (Å²) in [4.78, 5) is 3.94. The number of nitrogens with zero attached hydrogens (tertiary/aromatic N) is 1. The van der Waals surface area contributed by atoms with E-state index in [1.807, 2.05) is 0 Å². The molecule has 0 spiro atoms. The van der Waals surface area contributed by atoms with Crippen molar-refractivity contribution >= 4 is 45.4 Å². The molecule has 0 aliphatic rings. The Hall–Kier alpha value is -0.840. The number of halogens is 3. The molecule has 0 unspecified atom stereocenters. The molecule has 0 saturated carbocycles. The molecule has 2 aromatic rings. The van der Waals surface area contributed by atoms with E-state index >= 15 is 0 Å². The van der Waals surface area contributed by atoms with E-state index in [0.717, 1.165) is 0 Å². The van der Waals surface area contributed by atoms with Crippen molar-refractivity contribution in [1.29, 1.82) is 0 Å². The van der Waals surface area contributed by atoms with Gasteiger partial charge < -0.3 is 5.32 Å². The molecule has 2 nitrogen and oxygen atoms in total. The van der Waals surface area contributed by atoms with E-state index in [-0.39, 0.29) is 11.5 Å². The van der Waals surface area contributed by atoms with Crippen molar-refractivity contribution in [3.8, 4) is 0 Å². The average Bonchev–Trinajstić information content (AvgIpc) is 2.58. The number of anilines is 2. The van der Waals surface area contributed by atoms with Gasteiger partial charge in [-0.3, -0.25) is 0 Å². The van der Waals surface area contributed by atoms with Gasteiger partial charge >= 0.3 is 0 Å². The number of hydrogen-bond acceptors (Lipinski definition) is 3. The van der Waals surface area contributed by atoms with Crippen LogP contribution in [0.5, 0.6) is 0 Å². The predicted molar refractivity (Wildman–Crippen MR) is 61.8 cm³/mol. The normalized spacial score (nSPS) is 10.3. The van der Waals surface area contributed by atoms with Crippen molar-refractivity contribution in [1.82, 2.24) is 4.98 Å². The van der Waals surface area contributed by atoms with Gasteiger partial charge in [0, 0.05) is 10.4 Å². The fourth-order valence-electron chi connectivity index (χ4n) is 1.02. The van der Waals surface area contributed by atoms with Gasteiger partial charge in [0.05, 0.1) is 5.69 Å². The average molecular weight is 263 g/mol. The SMILES string of the molecule is Fc1ccc(Cl)cc1Nc1nc(Cl)cs1. The largest absolute Gasteiger partial charge is 0.329 e. The highest BCUT2D eigenvalue weighted by Crippen LogP contribution is 2.26. The molecule has 1 heterocycles. The Morgan fingerprint density at radius 1 is 1.33 bits per heavy atom. The zero-order valence-electron chi connectivity index (χ0n) is 7.30. The van der Waals surface area contributed by atoms with Gasteiger partial charge in [0.1, 0.15) is 11.0 Å². The molecule has 6 heteroatoms. The number of rotatable bonds is 2. The summed E-state index contributed by atoms with van der Waals surface area (Å²) >= 11 is 12.7. The van der Waals surface area contributed by atoms with Crippen LogP contribution in [0.15, 0.2) is 23.6 Å². The molecule has 78 valence electrons. The second-order valence-electron chi connectivity index (χ2n) is 2.72. The number of thiazole rings is 1. The van der Waals surface area contributed by atoms with Crippen LogP contribution in [-0.4, -0.2) is 4.98 Å². The molecule has 0 radical (unpaired) electrons. The van der Waals surface area contributed by atoms with E-state index in [0.29, 0.717) is 15.3 Å². The summed E-state index contributed by atoms with van der Waals surface area (Å²) in [7, 11) is 0. The molecule has 15 heavy (non-hydrogen) atoms. The maximum Gasteiger partial charge on any atom is 0.188 e. The lowest BCUT2D eigenvalue weighted by Crippen LogP contribution is -1.92. The van der Waals surface area contributed by atoms with Crippen LogP contribution in [0.25, 0.3) is 0 Å². The summed E-state index contributed by atoms with van der Waals surface area (Å²) in [6.45, 7) is 0. The van der Waals surface area contributed by atoms with Crippen molar-refractivity contribution < 1.29 is 4.39 Å². The Kier molecular flexibility index (Phi) is 3.09. The smallest absolute Gasteiger partial charge is 0.188 e. The molecule has 1 aromatic heterocycles. The highest BCUT2D eigenvalue weighted by Gasteiger charge is 2.05. The predicted octanol–water partition coefficient (Wildman–Crippen LogP) is 4.33. The first-order valence-electron chi connectivity index (χ1n) is 3.98. The van der Waals surface area contributed by atoms with Crippen LogP contribution in [0, 0.1) is 5.82 Å². The van der Waals surface area contributed by atoms with Crippen LogP contribution >= 0.6 is 34.5 Å².